The summed E-state index contributed by atoms with van der Waals surface area (Å²) >= 11 is 0. The molecule has 0 saturated heterocycles. The smallest absolute Gasteiger partial charge is 0.150 e. The molecule has 1 aliphatic heterocycles. The van der Waals surface area contributed by atoms with Crippen LogP contribution in [-0.4, -0.2) is 21.3 Å². The molecule has 1 saturated carbocycles. The highest BCUT2D eigenvalue weighted by atomic mass is 15.3. The number of hydrogen-bond acceptors (Lipinski definition) is 3. The number of nitrogens with one attached hydrogen (secondary N) is 1. The molecule has 1 aromatic rings. The summed E-state index contributed by atoms with van der Waals surface area (Å²) in [6.45, 7) is 6.58. The van der Waals surface area contributed by atoms with E-state index in [0.717, 1.165) is 31.3 Å². The topological polar surface area (TPSA) is 42.7 Å². The molecule has 106 valence electrons. The first-order valence-electron chi connectivity index (χ1n) is 7.91. The number of hydrogen-bond donors (Lipinski definition) is 1. The van der Waals surface area contributed by atoms with Crippen LogP contribution in [0.2, 0.25) is 0 Å². The monoisotopic (exact) mass is 262 g/mol. The highest BCUT2D eigenvalue weighted by molar-refractivity contribution is 5.05. The standard InChI is InChI=1S/C15H26N4/c1-11(2)14-15-18-17-13(19(15)10-9-16-14)8-7-12-5-3-4-6-12/h11-12,14,16H,3-10H2,1-2H3. The Morgan fingerprint density at radius 3 is 2.79 bits per heavy atom. The molecule has 0 amide bonds. The Balaban J connectivity index is 1.69. The molecule has 1 aromatic heterocycles. The van der Waals surface area contributed by atoms with Crippen LogP contribution in [0, 0.1) is 11.8 Å². The molecule has 1 unspecified atom stereocenters. The average Bonchev–Trinajstić information content (AvgIpc) is 3.05. The molecular weight excluding hydrogens is 236 g/mol. The van der Waals surface area contributed by atoms with E-state index in [2.05, 4.69) is 33.9 Å². The zero-order valence-corrected chi connectivity index (χ0v) is 12.2. The van der Waals surface area contributed by atoms with E-state index in [9.17, 15) is 0 Å². The highest BCUT2D eigenvalue weighted by Crippen LogP contribution is 2.29. The Bertz CT molecular complexity index is 418. The van der Waals surface area contributed by atoms with Gasteiger partial charge in [-0.05, 0) is 18.3 Å². The summed E-state index contributed by atoms with van der Waals surface area (Å²) in [7, 11) is 0. The van der Waals surface area contributed by atoms with Crippen LogP contribution in [-0.2, 0) is 13.0 Å². The number of aromatic nitrogens is 3. The fourth-order valence-electron chi connectivity index (χ4n) is 3.60. The summed E-state index contributed by atoms with van der Waals surface area (Å²) in [6, 6.07) is 0.376. The van der Waals surface area contributed by atoms with E-state index in [4.69, 9.17) is 0 Å². The molecule has 1 fully saturated rings. The van der Waals surface area contributed by atoms with Crippen molar-refractivity contribution in [3.05, 3.63) is 11.6 Å². The van der Waals surface area contributed by atoms with E-state index >= 15 is 0 Å². The zero-order chi connectivity index (χ0) is 13.2. The lowest BCUT2D eigenvalue weighted by atomic mass is 10.0. The van der Waals surface area contributed by atoms with Gasteiger partial charge in [0.05, 0.1) is 6.04 Å². The third kappa shape index (κ3) is 2.69. The molecule has 2 heterocycles. The lowest BCUT2D eigenvalue weighted by Crippen LogP contribution is -2.37. The van der Waals surface area contributed by atoms with Gasteiger partial charge in [-0.1, -0.05) is 39.5 Å². The van der Waals surface area contributed by atoms with E-state index in [1.54, 1.807) is 0 Å². The van der Waals surface area contributed by atoms with Gasteiger partial charge in [-0.3, -0.25) is 0 Å². The first-order valence-corrected chi connectivity index (χ1v) is 7.91. The predicted molar refractivity (Wildman–Crippen MR) is 75.9 cm³/mol. The maximum Gasteiger partial charge on any atom is 0.150 e. The van der Waals surface area contributed by atoms with Crippen LogP contribution in [0.25, 0.3) is 0 Å². The maximum absolute atomic E-state index is 4.46. The summed E-state index contributed by atoms with van der Waals surface area (Å²) in [6.07, 6.45) is 8.14. The van der Waals surface area contributed by atoms with E-state index in [1.165, 1.54) is 37.9 Å². The van der Waals surface area contributed by atoms with E-state index in [1.807, 2.05) is 0 Å². The number of rotatable bonds is 4. The first kappa shape index (κ1) is 13.1. The van der Waals surface area contributed by atoms with Crippen LogP contribution < -0.4 is 5.32 Å². The van der Waals surface area contributed by atoms with Crippen LogP contribution in [0.5, 0.6) is 0 Å². The van der Waals surface area contributed by atoms with Gasteiger partial charge in [0.15, 0.2) is 5.82 Å². The van der Waals surface area contributed by atoms with Gasteiger partial charge < -0.3 is 9.88 Å². The fourth-order valence-corrected chi connectivity index (χ4v) is 3.60. The largest absolute Gasteiger partial charge is 0.312 e. The van der Waals surface area contributed by atoms with Gasteiger partial charge in [0.1, 0.15) is 5.82 Å². The van der Waals surface area contributed by atoms with Crippen molar-refractivity contribution in [3.8, 4) is 0 Å². The van der Waals surface area contributed by atoms with Crippen LogP contribution in [0.1, 0.15) is 63.6 Å². The van der Waals surface area contributed by atoms with Crippen molar-refractivity contribution >= 4 is 0 Å². The molecule has 2 aliphatic rings. The number of nitrogens with zero attached hydrogens (tertiary/aromatic N) is 3. The molecule has 0 spiro atoms. The van der Waals surface area contributed by atoms with Crippen LogP contribution in [0.3, 0.4) is 0 Å². The molecule has 0 radical (unpaired) electrons. The normalized spacial score (nSPS) is 24.1. The highest BCUT2D eigenvalue weighted by Gasteiger charge is 2.27. The first-order chi connectivity index (χ1) is 9.25. The van der Waals surface area contributed by atoms with Crippen LogP contribution >= 0.6 is 0 Å². The number of fused-ring (bicyclic) bond motifs is 1. The predicted octanol–water partition coefficient (Wildman–Crippen LogP) is 2.70. The summed E-state index contributed by atoms with van der Waals surface area (Å²) in [5, 5.41) is 12.5. The summed E-state index contributed by atoms with van der Waals surface area (Å²) < 4.78 is 2.37. The maximum atomic E-state index is 4.46. The Morgan fingerprint density at radius 1 is 1.26 bits per heavy atom. The van der Waals surface area contributed by atoms with Gasteiger partial charge in [-0.25, -0.2) is 0 Å². The molecule has 1 N–H and O–H groups in total. The molecule has 0 aromatic carbocycles. The van der Waals surface area contributed by atoms with Gasteiger partial charge in [-0.15, -0.1) is 10.2 Å². The lowest BCUT2D eigenvalue weighted by Gasteiger charge is -2.27. The Hall–Kier alpha value is -0.900. The molecule has 19 heavy (non-hydrogen) atoms. The molecule has 3 rings (SSSR count). The molecule has 0 bridgehead atoms. The molecule has 1 atom stereocenters. The van der Waals surface area contributed by atoms with Crippen molar-refractivity contribution in [2.24, 2.45) is 11.8 Å². The van der Waals surface area contributed by atoms with Crippen LogP contribution in [0.4, 0.5) is 0 Å². The SMILES string of the molecule is CC(C)C1NCCn2c(CCC3CCCC3)nnc21. The minimum Gasteiger partial charge on any atom is -0.312 e. The van der Waals surface area contributed by atoms with Crippen molar-refractivity contribution in [1.82, 2.24) is 20.1 Å². The fraction of sp³-hybridized carbons (Fsp3) is 0.867. The van der Waals surface area contributed by atoms with Gasteiger partial charge in [-0.2, -0.15) is 0 Å². The van der Waals surface area contributed by atoms with Gasteiger partial charge in [0.2, 0.25) is 0 Å². The zero-order valence-electron chi connectivity index (χ0n) is 12.2. The van der Waals surface area contributed by atoms with Crippen molar-refractivity contribution in [3.63, 3.8) is 0 Å². The Kier molecular flexibility index (Phi) is 3.87. The third-order valence-electron chi connectivity index (χ3n) is 4.75. The summed E-state index contributed by atoms with van der Waals surface area (Å²) in [4.78, 5) is 0. The minimum absolute atomic E-state index is 0.376. The van der Waals surface area contributed by atoms with Crippen molar-refractivity contribution < 1.29 is 0 Å². The lowest BCUT2D eigenvalue weighted by molar-refractivity contribution is 0.333. The van der Waals surface area contributed by atoms with Gasteiger partial charge in [0.25, 0.3) is 0 Å². The van der Waals surface area contributed by atoms with E-state index in [0.29, 0.717) is 12.0 Å². The van der Waals surface area contributed by atoms with Crippen molar-refractivity contribution in [2.75, 3.05) is 6.54 Å². The van der Waals surface area contributed by atoms with Gasteiger partial charge in [0, 0.05) is 19.5 Å². The quantitative estimate of drug-likeness (QED) is 0.907. The second kappa shape index (κ2) is 5.61. The molecular formula is C15H26N4. The summed E-state index contributed by atoms with van der Waals surface area (Å²) in [5.41, 5.74) is 0. The Labute approximate surface area is 116 Å². The third-order valence-corrected chi connectivity index (χ3v) is 4.75. The molecule has 1 aliphatic carbocycles. The summed E-state index contributed by atoms with van der Waals surface area (Å²) in [5.74, 6) is 3.89. The Morgan fingerprint density at radius 2 is 2.05 bits per heavy atom. The second-order valence-corrected chi connectivity index (χ2v) is 6.49. The van der Waals surface area contributed by atoms with Crippen molar-refractivity contribution in [2.45, 2.75) is 65.0 Å². The molecule has 4 nitrogen and oxygen atoms in total. The van der Waals surface area contributed by atoms with Crippen molar-refractivity contribution in [1.29, 1.82) is 0 Å². The van der Waals surface area contributed by atoms with Gasteiger partial charge >= 0.3 is 0 Å². The second-order valence-electron chi connectivity index (χ2n) is 6.49. The minimum atomic E-state index is 0.376. The number of aryl methyl sites for hydroxylation is 1. The van der Waals surface area contributed by atoms with E-state index in [-0.39, 0.29) is 0 Å². The van der Waals surface area contributed by atoms with Crippen LogP contribution in [0.15, 0.2) is 0 Å². The molecule has 4 heteroatoms. The average molecular weight is 262 g/mol. The van der Waals surface area contributed by atoms with E-state index < -0.39 is 0 Å².